The van der Waals surface area contributed by atoms with Crippen molar-refractivity contribution in [3.05, 3.63) is 59.2 Å². The molecule has 144 valence electrons. The van der Waals surface area contributed by atoms with Crippen LogP contribution in [0.1, 0.15) is 30.5 Å². The zero-order valence-corrected chi connectivity index (χ0v) is 16.7. The lowest BCUT2D eigenvalue weighted by molar-refractivity contribution is -0.130. The van der Waals surface area contributed by atoms with Crippen LogP contribution < -0.4 is 10.1 Å². The van der Waals surface area contributed by atoms with Crippen LogP contribution in [0.2, 0.25) is 0 Å². The fourth-order valence-electron chi connectivity index (χ4n) is 3.22. The Morgan fingerprint density at radius 1 is 1.15 bits per heavy atom. The van der Waals surface area contributed by atoms with Crippen molar-refractivity contribution >= 4 is 18.0 Å². The number of hydrogen-bond donors (Lipinski definition) is 1. The lowest BCUT2D eigenvalue weighted by Gasteiger charge is -2.27. The van der Waals surface area contributed by atoms with Gasteiger partial charge in [-0.15, -0.1) is 0 Å². The van der Waals surface area contributed by atoms with Crippen LogP contribution in [0, 0.1) is 19.8 Å². The third-order valence-electron chi connectivity index (χ3n) is 4.46. The van der Waals surface area contributed by atoms with Crippen molar-refractivity contribution in [2.45, 2.75) is 40.3 Å². The Morgan fingerprint density at radius 2 is 1.74 bits per heavy atom. The molecule has 0 fully saturated rings. The first-order valence-electron chi connectivity index (χ1n) is 9.09. The van der Waals surface area contributed by atoms with E-state index in [2.05, 4.69) is 5.32 Å². The number of likely N-dealkylation sites (N-methyl/N-ethyl adjacent to an activating group) is 1. The summed E-state index contributed by atoms with van der Waals surface area (Å²) < 4.78 is 5.99. The van der Waals surface area contributed by atoms with E-state index in [0.29, 0.717) is 18.7 Å². The number of rotatable bonds is 8. The number of ether oxygens (including phenoxy) is 1. The Bertz CT molecular complexity index is 764. The number of aryl methyl sites for hydroxylation is 2. The van der Waals surface area contributed by atoms with Gasteiger partial charge in [0.2, 0.25) is 12.3 Å². The number of amides is 2. The third kappa shape index (κ3) is 5.33. The second-order valence-corrected chi connectivity index (χ2v) is 7.16. The van der Waals surface area contributed by atoms with Gasteiger partial charge in [-0.2, -0.15) is 0 Å². The Kier molecular flexibility index (Phi) is 6.99. The lowest BCUT2D eigenvalue weighted by atomic mass is 10.0. The highest BCUT2D eigenvalue weighted by Crippen LogP contribution is 2.28. The van der Waals surface area contributed by atoms with E-state index in [4.69, 9.17) is 4.74 Å². The van der Waals surface area contributed by atoms with Gasteiger partial charge in [-0.05, 0) is 48.6 Å². The van der Waals surface area contributed by atoms with Crippen molar-refractivity contribution < 1.29 is 14.3 Å². The van der Waals surface area contributed by atoms with Crippen LogP contribution in [-0.2, 0) is 16.2 Å². The first-order valence-corrected chi connectivity index (χ1v) is 9.09. The number of nitrogens with one attached hydrogen (secondary N) is 1. The summed E-state index contributed by atoms with van der Waals surface area (Å²) in [5.41, 5.74) is 3.70. The molecule has 1 N–H and O–H groups in total. The smallest absolute Gasteiger partial charge is 0.247 e. The van der Waals surface area contributed by atoms with E-state index < -0.39 is 6.04 Å². The standard InChI is InChI=1S/C22H28N2O3/c1-15(2)20(24(5)14-25)22(26)23-19-11-16(3)21(17(4)12-19)27-13-18-9-7-6-8-10-18/h6-12,14-15,20H,13H2,1-5H3,(H,23,26)/t20-/m0/s1. The first kappa shape index (κ1) is 20.5. The topological polar surface area (TPSA) is 58.6 Å². The summed E-state index contributed by atoms with van der Waals surface area (Å²) in [7, 11) is 1.62. The van der Waals surface area contributed by atoms with Crippen molar-refractivity contribution in [1.29, 1.82) is 0 Å². The van der Waals surface area contributed by atoms with Gasteiger partial charge in [-0.1, -0.05) is 44.2 Å². The molecule has 0 spiro atoms. The normalized spacial score (nSPS) is 11.8. The molecule has 1 atom stereocenters. The second kappa shape index (κ2) is 9.21. The molecule has 5 nitrogen and oxygen atoms in total. The highest BCUT2D eigenvalue weighted by molar-refractivity contribution is 5.96. The summed E-state index contributed by atoms with van der Waals surface area (Å²) in [6, 6.07) is 13.3. The van der Waals surface area contributed by atoms with Crippen molar-refractivity contribution in [3.63, 3.8) is 0 Å². The fourth-order valence-corrected chi connectivity index (χ4v) is 3.22. The lowest BCUT2D eigenvalue weighted by Crippen LogP contribution is -2.44. The number of carbonyl (C=O) groups excluding carboxylic acids is 2. The van der Waals surface area contributed by atoms with E-state index in [1.165, 1.54) is 4.90 Å². The summed E-state index contributed by atoms with van der Waals surface area (Å²) in [6.07, 6.45) is 0.682. The maximum absolute atomic E-state index is 12.6. The molecule has 0 bridgehead atoms. The van der Waals surface area contributed by atoms with E-state index in [-0.39, 0.29) is 11.8 Å². The van der Waals surface area contributed by atoms with Crippen LogP contribution in [-0.4, -0.2) is 30.3 Å². The van der Waals surface area contributed by atoms with E-state index in [1.54, 1.807) is 7.05 Å². The molecule has 0 radical (unpaired) electrons. The van der Waals surface area contributed by atoms with E-state index in [1.807, 2.05) is 70.2 Å². The third-order valence-corrected chi connectivity index (χ3v) is 4.46. The number of benzene rings is 2. The van der Waals surface area contributed by atoms with Crippen LogP contribution in [0.4, 0.5) is 5.69 Å². The molecule has 2 aromatic carbocycles. The van der Waals surface area contributed by atoms with Crippen LogP contribution >= 0.6 is 0 Å². The monoisotopic (exact) mass is 368 g/mol. The molecule has 2 aromatic rings. The quantitative estimate of drug-likeness (QED) is 0.718. The highest BCUT2D eigenvalue weighted by atomic mass is 16.5. The van der Waals surface area contributed by atoms with Crippen molar-refractivity contribution in [3.8, 4) is 5.75 Å². The molecule has 0 heterocycles. The van der Waals surface area contributed by atoms with Crippen LogP contribution in [0.5, 0.6) is 5.75 Å². The predicted octanol–water partition coefficient (Wildman–Crippen LogP) is 3.93. The minimum atomic E-state index is -0.517. The number of anilines is 1. The second-order valence-electron chi connectivity index (χ2n) is 7.16. The average Bonchev–Trinajstić information content (AvgIpc) is 2.61. The van der Waals surface area contributed by atoms with Gasteiger partial charge in [0, 0.05) is 12.7 Å². The molecule has 0 aliphatic heterocycles. The largest absolute Gasteiger partial charge is 0.488 e. The van der Waals surface area contributed by atoms with Gasteiger partial charge < -0.3 is 15.0 Å². The SMILES string of the molecule is Cc1cc(NC(=O)[C@H](C(C)C)N(C)C=O)cc(C)c1OCc1ccccc1. The van der Waals surface area contributed by atoms with E-state index in [9.17, 15) is 9.59 Å². The molecule has 0 saturated carbocycles. The Morgan fingerprint density at radius 3 is 2.26 bits per heavy atom. The molecule has 0 unspecified atom stereocenters. The summed E-state index contributed by atoms with van der Waals surface area (Å²) in [5, 5.41) is 2.93. The minimum Gasteiger partial charge on any atom is -0.488 e. The zero-order chi connectivity index (χ0) is 20.0. The van der Waals surface area contributed by atoms with E-state index >= 15 is 0 Å². The molecule has 27 heavy (non-hydrogen) atoms. The maximum atomic E-state index is 12.6. The zero-order valence-electron chi connectivity index (χ0n) is 16.7. The number of carbonyl (C=O) groups is 2. The molecule has 0 aliphatic rings. The molecule has 0 aliphatic carbocycles. The first-order chi connectivity index (χ1) is 12.8. The number of nitrogens with zero attached hydrogens (tertiary/aromatic N) is 1. The summed E-state index contributed by atoms with van der Waals surface area (Å²) in [6.45, 7) is 8.25. The predicted molar refractivity (Wildman–Crippen MR) is 108 cm³/mol. The van der Waals surface area contributed by atoms with Crippen LogP contribution in [0.3, 0.4) is 0 Å². The fraction of sp³-hybridized carbons (Fsp3) is 0.364. The Hall–Kier alpha value is -2.82. The van der Waals surface area contributed by atoms with Gasteiger partial charge in [-0.25, -0.2) is 0 Å². The van der Waals surface area contributed by atoms with E-state index in [0.717, 1.165) is 22.4 Å². The van der Waals surface area contributed by atoms with Gasteiger partial charge in [0.25, 0.3) is 0 Å². The molecule has 0 saturated heterocycles. The molecule has 5 heteroatoms. The highest BCUT2D eigenvalue weighted by Gasteiger charge is 2.26. The molecular weight excluding hydrogens is 340 g/mol. The Balaban J connectivity index is 2.13. The van der Waals surface area contributed by atoms with Crippen molar-refractivity contribution in [2.24, 2.45) is 5.92 Å². The summed E-state index contributed by atoms with van der Waals surface area (Å²) in [4.78, 5) is 25.1. The Labute approximate surface area is 161 Å². The van der Waals surface area contributed by atoms with Crippen LogP contribution in [0.15, 0.2) is 42.5 Å². The van der Waals surface area contributed by atoms with Gasteiger partial charge in [-0.3, -0.25) is 9.59 Å². The summed E-state index contributed by atoms with van der Waals surface area (Å²) in [5.74, 6) is 0.634. The van der Waals surface area contributed by atoms with Crippen LogP contribution in [0.25, 0.3) is 0 Å². The van der Waals surface area contributed by atoms with Gasteiger partial charge in [0.05, 0.1) is 0 Å². The van der Waals surface area contributed by atoms with Gasteiger partial charge in [0.1, 0.15) is 18.4 Å². The number of hydrogen-bond acceptors (Lipinski definition) is 3. The molecule has 2 amide bonds. The average molecular weight is 368 g/mol. The van der Waals surface area contributed by atoms with Crippen molar-refractivity contribution in [1.82, 2.24) is 4.90 Å². The molecule has 0 aromatic heterocycles. The van der Waals surface area contributed by atoms with Crippen molar-refractivity contribution in [2.75, 3.05) is 12.4 Å². The summed E-state index contributed by atoms with van der Waals surface area (Å²) >= 11 is 0. The maximum Gasteiger partial charge on any atom is 0.247 e. The van der Waals surface area contributed by atoms with Gasteiger partial charge in [0.15, 0.2) is 0 Å². The molecular formula is C22H28N2O3. The minimum absolute atomic E-state index is 0.0101. The van der Waals surface area contributed by atoms with Gasteiger partial charge >= 0.3 is 0 Å². The molecule has 2 rings (SSSR count).